The lowest BCUT2D eigenvalue weighted by atomic mass is 9.82. The molecule has 0 heterocycles. The molecule has 2 saturated carbocycles. The van der Waals surface area contributed by atoms with Gasteiger partial charge in [0.2, 0.25) is 0 Å². The van der Waals surface area contributed by atoms with E-state index in [0.29, 0.717) is 0 Å². The zero-order valence-electron chi connectivity index (χ0n) is 8.36. The van der Waals surface area contributed by atoms with Gasteiger partial charge in [-0.3, -0.25) is 0 Å². The largest absolute Gasteiger partial charge is 0.167 e. The zero-order chi connectivity index (χ0) is 9.47. The van der Waals surface area contributed by atoms with Gasteiger partial charge in [-0.15, -0.1) is 0 Å². The number of fused-ring (bicyclic) bond motifs is 1. The first-order chi connectivity index (χ1) is 6.09. The minimum atomic E-state index is -1.59. The summed E-state index contributed by atoms with van der Waals surface area (Å²) in [5.74, 6) is 3.17. The van der Waals surface area contributed by atoms with Crippen molar-refractivity contribution in [2.45, 2.75) is 38.8 Å². The summed E-state index contributed by atoms with van der Waals surface area (Å²) in [7, 11) is -1.59. The summed E-state index contributed by atoms with van der Waals surface area (Å²) >= 11 is 6.48. The van der Waals surface area contributed by atoms with Gasteiger partial charge in [-0.25, -0.2) is 0 Å². The van der Waals surface area contributed by atoms with Crippen molar-refractivity contribution in [1.29, 1.82) is 0 Å². The van der Waals surface area contributed by atoms with E-state index in [1.54, 1.807) is 11.8 Å². The molecule has 2 heteroatoms. The highest BCUT2D eigenvalue weighted by atomic mass is 35.6. The fourth-order valence-corrected chi connectivity index (χ4v) is 4.28. The first-order valence-corrected chi connectivity index (χ1v) is 9.07. The lowest BCUT2D eigenvalue weighted by molar-refractivity contribution is 0.598. The average molecular weight is 212 g/mol. The molecule has 0 aromatic carbocycles. The molecule has 2 aliphatic carbocycles. The molecule has 13 heavy (non-hydrogen) atoms. The van der Waals surface area contributed by atoms with Crippen molar-refractivity contribution in [1.82, 2.24) is 0 Å². The molecule has 0 spiro atoms. The molecule has 2 aliphatic rings. The Labute approximate surface area is 87.8 Å². The van der Waals surface area contributed by atoms with Gasteiger partial charge in [-0.05, 0) is 43.1 Å². The van der Waals surface area contributed by atoms with E-state index >= 15 is 0 Å². The zero-order valence-corrected chi connectivity index (χ0v) is 10.1. The first-order valence-electron chi connectivity index (χ1n) is 5.06. The van der Waals surface area contributed by atoms with Crippen LogP contribution in [0.1, 0.15) is 25.7 Å². The van der Waals surface area contributed by atoms with Crippen molar-refractivity contribution in [3.8, 4) is 0 Å². The van der Waals surface area contributed by atoms with E-state index in [9.17, 15) is 0 Å². The first kappa shape index (κ1) is 10.0. The van der Waals surface area contributed by atoms with Crippen LogP contribution in [-0.4, -0.2) is 7.38 Å². The molecule has 0 unspecified atom stereocenters. The van der Waals surface area contributed by atoms with Gasteiger partial charge in [0, 0.05) is 0 Å². The predicted molar refractivity (Wildman–Crippen MR) is 60.1 cm³/mol. The van der Waals surface area contributed by atoms with Gasteiger partial charge in [0.05, 0.1) is 0 Å². The molecule has 0 aliphatic heterocycles. The lowest BCUT2D eigenvalue weighted by Gasteiger charge is -2.32. The number of hydrogen-bond acceptors (Lipinski definition) is 0. The molecule has 71 valence electrons. The maximum Gasteiger partial charge on any atom is 0.157 e. The van der Waals surface area contributed by atoms with Gasteiger partial charge in [0.25, 0.3) is 0 Å². The molecule has 0 nitrogen and oxygen atoms in total. The molecular formula is C11H16ClSi. The highest BCUT2D eigenvalue weighted by Gasteiger charge is 2.46. The molecule has 0 saturated heterocycles. The molecule has 2 fully saturated rings. The van der Waals surface area contributed by atoms with Crippen molar-refractivity contribution in [3.63, 3.8) is 0 Å². The molecule has 5 radical (unpaired) electrons. The standard InChI is InChI=1S/C11H16ClSi/c1-13(2,12)11-8-7-9-5-3-4-6-10(9)11/h7-8H,3-6H2,1-2H3. The Bertz CT molecular complexity index is 185. The Hall–Kier alpha value is 0.507. The molecule has 0 N–H and O–H groups in total. The smallest absolute Gasteiger partial charge is 0.157 e. The summed E-state index contributed by atoms with van der Waals surface area (Å²) in [6, 6.07) is 0. The van der Waals surface area contributed by atoms with E-state index in [-0.39, 0.29) is 0 Å². The van der Waals surface area contributed by atoms with Crippen LogP contribution < -0.4 is 0 Å². The van der Waals surface area contributed by atoms with Crippen LogP contribution in [-0.2, 0) is 0 Å². The van der Waals surface area contributed by atoms with Crippen LogP contribution in [0.5, 0.6) is 0 Å². The minimum Gasteiger partial charge on any atom is -0.167 e. The van der Waals surface area contributed by atoms with Crippen molar-refractivity contribution < 1.29 is 0 Å². The van der Waals surface area contributed by atoms with Gasteiger partial charge >= 0.3 is 0 Å². The van der Waals surface area contributed by atoms with Crippen LogP contribution in [0.2, 0.25) is 13.1 Å². The molecule has 0 aromatic heterocycles. The monoisotopic (exact) mass is 211 g/mol. The molecule has 0 amide bonds. The number of hydrogen-bond donors (Lipinski definition) is 0. The third kappa shape index (κ3) is 1.97. The average Bonchev–Trinajstić information content (AvgIpc) is 2.45. The quantitative estimate of drug-likeness (QED) is 0.459. The second kappa shape index (κ2) is 3.58. The topological polar surface area (TPSA) is 0 Å². The van der Waals surface area contributed by atoms with Crippen LogP contribution in [0.15, 0.2) is 0 Å². The summed E-state index contributed by atoms with van der Waals surface area (Å²) in [6.07, 6.45) is 9.82. The van der Waals surface area contributed by atoms with Gasteiger partial charge in [0.15, 0.2) is 7.38 Å². The van der Waals surface area contributed by atoms with Crippen LogP contribution in [0.25, 0.3) is 0 Å². The van der Waals surface area contributed by atoms with Crippen molar-refractivity contribution in [2.75, 3.05) is 0 Å². The predicted octanol–water partition coefficient (Wildman–Crippen LogP) is 3.69. The van der Waals surface area contributed by atoms with E-state index in [4.69, 9.17) is 11.1 Å². The molecule has 2 rings (SSSR count). The van der Waals surface area contributed by atoms with E-state index in [2.05, 4.69) is 25.9 Å². The number of halogens is 1. The lowest BCUT2D eigenvalue weighted by Crippen LogP contribution is -2.32. The fraction of sp³-hybridized carbons (Fsp3) is 0.545. The second-order valence-electron chi connectivity index (χ2n) is 4.43. The normalized spacial score (nSPS) is 27.9. The third-order valence-electron chi connectivity index (χ3n) is 2.93. The van der Waals surface area contributed by atoms with Gasteiger partial charge in [-0.2, -0.15) is 11.1 Å². The molecule has 0 bridgehead atoms. The Morgan fingerprint density at radius 2 is 1.85 bits per heavy atom. The fourth-order valence-electron chi connectivity index (χ4n) is 2.26. The maximum absolute atomic E-state index is 6.48. The molecular weight excluding hydrogens is 196 g/mol. The highest BCUT2D eigenvalue weighted by Crippen LogP contribution is 2.52. The summed E-state index contributed by atoms with van der Waals surface area (Å²) in [4.78, 5) is 0. The van der Waals surface area contributed by atoms with Gasteiger partial charge in [0.1, 0.15) is 0 Å². The molecule has 0 aromatic rings. The second-order valence-corrected chi connectivity index (χ2v) is 10.7. The highest BCUT2D eigenvalue weighted by molar-refractivity contribution is 7.22. The Kier molecular flexibility index (Phi) is 2.76. The molecule has 0 atom stereocenters. The van der Waals surface area contributed by atoms with Crippen LogP contribution in [0.3, 0.4) is 0 Å². The van der Waals surface area contributed by atoms with E-state index in [0.717, 1.165) is 0 Å². The van der Waals surface area contributed by atoms with Crippen LogP contribution >= 0.6 is 11.1 Å². The summed E-state index contributed by atoms with van der Waals surface area (Å²) in [5, 5.41) is 0. The van der Waals surface area contributed by atoms with Crippen molar-refractivity contribution in [3.05, 3.63) is 30.2 Å². The minimum absolute atomic E-state index is 1.26. The van der Waals surface area contributed by atoms with Crippen molar-refractivity contribution in [2.24, 2.45) is 0 Å². The number of rotatable bonds is 1. The van der Waals surface area contributed by atoms with Crippen molar-refractivity contribution >= 4 is 18.5 Å². The van der Waals surface area contributed by atoms with Gasteiger partial charge < -0.3 is 0 Å². The van der Waals surface area contributed by atoms with E-state index in [1.807, 2.05) is 0 Å². The van der Waals surface area contributed by atoms with E-state index < -0.39 is 7.38 Å². The summed E-state index contributed by atoms with van der Waals surface area (Å²) < 4.78 is 0. The third-order valence-corrected chi connectivity index (χ3v) is 5.29. The Balaban J connectivity index is 2.07. The van der Waals surface area contributed by atoms with Crippen LogP contribution in [0.4, 0.5) is 0 Å². The van der Waals surface area contributed by atoms with Gasteiger partial charge in [-0.1, -0.05) is 25.9 Å². The summed E-state index contributed by atoms with van der Waals surface area (Å²) in [5.41, 5.74) is 1.49. The maximum atomic E-state index is 6.48. The Morgan fingerprint density at radius 3 is 2.54 bits per heavy atom. The summed E-state index contributed by atoms with van der Waals surface area (Å²) in [6.45, 7) is 4.44. The Morgan fingerprint density at radius 1 is 1.15 bits per heavy atom. The van der Waals surface area contributed by atoms with E-state index in [1.165, 1.54) is 31.2 Å². The van der Waals surface area contributed by atoms with Crippen LogP contribution in [0, 0.1) is 30.2 Å². The SMILES string of the molecule is C[Si](C)(Cl)[C]1[CH][CH][C]2CCCC[C]21.